The molecule has 0 unspecified atom stereocenters. The Bertz CT molecular complexity index is 315. The Morgan fingerprint density at radius 1 is 1.40 bits per heavy atom. The molecule has 1 aliphatic rings. The van der Waals surface area contributed by atoms with E-state index < -0.39 is 0 Å². The van der Waals surface area contributed by atoms with Crippen molar-refractivity contribution in [1.82, 2.24) is 0 Å². The van der Waals surface area contributed by atoms with Crippen molar-refractivity contribution >= 4 is 21.6 Å². The Morgan fingerprint density at radius 2 is 2.13 bits per heavy atom. The summed E-state index contributed by atoms with van der Waals surface area (Å²) in [5.74, 6) is 0. The van der Waals surface area contributed by atoms with Gasteiger partial charge in [-0.15, -0.1) is 0 Å². The van der Waals surface area contributed by atoms with Crippen molar-refractivity contribution in [3.05, 3.63) is 28.7 Å². The Morgan fingerprint density at radius 3 is 2.80 bits per heavy atom. The molecule has 0 spiro atoms. The van der Waals surface area contributed by atoms with Crippen LogP contribution in [0.3, 0.4) is 0 Å². The van der Waals surface area contributed by atoms with E-state index in [1.807, 2.05) is 12.1 Å². The van der Waals surface area contributed by atoms with E-state index in [0.29, 0.717) is 6.61 Å². The van der Waals surface area contributed by atoms with Gasteiger partial charge < -0.3 is 14.7 Å². The molecular formula is C11H14BrNO2. The number of benzene rings is 1. The van der Waals surface area contributed by atoms with Crippen molar-refractivity contribution in [2.45, 2.75) is 6.10 Å². The maximum atomic E-state index is 9.04. The van der Waals surface area contributed by atoms with Gasteiger partial charge in [-0.05, 0) is 24.3 Å². The molecule has 1 saturated heterocycles. The van der Waals surface area contributed by atoms with Gasteiger partial charge in [-0.2, -0.15) is 0 Å². The fourth-order valence-corrected chi connectivity index (χ4v) is 1.98. The average molecular weight is 272 g/mol. The molecule has 0 radical (unpaired) electrons. The molecule has 0 saturated carbocycles. The van der Waals surface area contributed by atoms with Gasteiger partial charge in [0, 0.05) is 23.2 Å². The van der Waals surface area contributed by atoms with E-state index in [0.717, 1.165) is 17.6 Å². The predicted molar refractivity (Wildman–Crippen MR) is 63.2 cm³/mol. The molecule has 4 heteroatoms. The van der Waals surface area contributed by atoms with Crippen LogP contribution in [-0.4, -0.2) is 37.5 Å². The first-order chi connectivity index (χ1) is 7.29. The highest BCUT2D eigenvalue weighted by Crippen LogP contribution is 2.20. The zero-order valence-electron chi connectivity index (χ0n) is 8.40. The Labute approximate surface area is 97.8 Å². The minimum absolute atomic E-state index is 0.0533. The summed E-state index contributed by atoms with van der Waals surface area (Å²) in [6.07, 6.45) is -0.0533. The summed E-state index contributed by atoms with van der Waals surface area (Å²) >= 11 is 3.41. The number of hydrogen-bond acceptors (Lipinski definition) is 3. The van der Waals surface area contributed by atoms with Crippen LogP contribution >= 0.6 is 15.9 Å². The summed E-state index contributed by atoms with van der Waals surface area (Å²) in [5.41, 5.74) is 1.18. The van der Waals surface area contributed by atoms with Crippen molar-refractivity contribution in [3.63, 3.8) is 0 Å². The summed E-state index contributed by atoms with van der Waals surface area (Å²) < 4.78 is 6.48. The molecule has 82 valence electrons. The lowest BCUT2D eigenvalue weighted by Gasteiger charge is -2.33. The van der Waals surface area contributed by atoms with Gasteiger partial charge >= 0.3 is 0 Å². The highest BCUT2D eigenvalue weighted by molar-refractivity contribution is 9.10. The third kappa shape index (κ3) is 2.71. The van der Waals surface area contributed by atoms with Crippen LogP contribution in [-0.2, 0) is 4.74 Å². The van der Waals surface area contributed by atoms with E-state index in [-0.39, 0.29) is 12.7 Å². The smallest absolute Gasteiger partial charge is 0.0980 e. The number of morpholine rings is 1. The number of ether oxygens (including phenoxy) is 1. The molecule has 1 fully saturated rings. The summed E-state index contributed by atoms with van der Waals surface area (Å²) in [6.45, 7) is 2.42. The van der Waals surface area contributed by atoms with Crippen LogP contribution in [0.1, 0.15) is 0 Å². The molecule has 1 atom stereocenters. The molecule has 1 aromatic rings. The quantitative estimate of drug-likeness (QED) is 0.888. The van der Waals surface area contributed by atoms with E-state index in [9.17, 15) is 0 Å². The van der Waals surface area contributed by atoms with E-state index in [2.05, 4.69) is 33.0 Å². The fourth-order valence-electron chi connectivity index (χ4n) is 1.72. The van der Waals surface area contributed by atoms with E-state index >= 15 is 0 Å². The lowest BCUT2D eigenvalue weighted by atomic mass is 10.2. The van der Waals surface area contributed by atoms with Gasteiger partial charge in [0.05, 0.1) is 19.3 Å². The number of aliphatic hydroxyl groups is 1. The largest absolute Gasteiger partial charge is 0.394 e. The van der Waals surface area contributed by atoms with Crippen LogP contribution in [0.15, 0.2) is 28.7 Å². The van der Waals surface area contributed by atoms with Gasteiger partial charge in [0.2, 0.25) is 0 Å². The fraction of sp³-hybridized carbons (Fsp3) is 0.455. The number of rotatable bonds is 2. The first-order valence-corrected chi connectivity index (χ1v) is 5.82. The number of halogens is 1. The number of anilines is 1. The van der Waals surface area contributed by atoms with Crippen molar-refractivity contribution in [3.8, 4) is 0 Å². The monoisotopic (exact) mass is 271 g/mol. The van der Waals surface area contributed by atoms with Crippen molar-refractivity contribution in [1.29, 1.82) is 0 Å². The molecule has 0 amide bonds. The molecular weight excluding hydrogens is 258 g/mol. The third-order valence-electron chi connectivity index (χ3n) is 2.53. The van der Waals surface area contributed by atoms with Gasteiger partial charge in [-0.25, -0.2) is 0 Å². The Kier molecular flexibility index (Phi) is 3.61. The molecule has 3 nitrogen and oxygen atoms in total. The van der Waals surface area contributed by atoms with Crippen LogP contribution in [0.2, 0.25) is 0 Å². The summed E-state index contributed by atoms with van der Waals surface area (Å²) in [7, 11) is 0. The van der Waals surface area contributed by atoms with E-state index in [1.54, 1.807) is 0 Å². The predicted octanol–water partition coefficient (Wildman–Crippen LogP) is 1.65. The number of nitrogens with zero attached hydrogens (tertiary/aromatic N) is 1. The SMILES string of the molecule is OC[C@H]1CN(c2ccc(Br)cc2)CCO1. The van der Waals surface area contributed by atoms with E-state index in [1.165, 1.54) is 5.69 Å². The average Bonchev–Trinajstić information content (AvgIpc) is 2.30. The lowest BCUT2D eigenvalue weighted by molar-refractivity contribution is 0.00357. The van der Waals surface area contributed by atoms with Crippen molar-refractivity contribution in [2.75, 3.05) is 31.2 Å². The summed E-state index contributed by atoms with van der Waals surface area (Å²) in [5, 5.41) is 9.04. The van der Waals surface area contributed by atoms with Crippen LogP contribution in [0, 0.1) is 0 Å². The molecule has 1 N–H and O–H groups in total. The van der Waals surface area contributed by atoms with Crippen LogP contribution in [0.25, 0.3) is 0 Å². The Balaban J connectivity index is 2.06. The Hall–Kier alpha value is -0.580. The van der Waals surface area contributed by atoms with Gasteiger partial charge in [-0.3, -0.25) is 0 Å². The summed E-state index contributed by atoms with van der Waals surface area (Å²) in [6, 6.07) is 8.20. The second-order valence-corrected chi connectivity index (χ2v) is 4.51. The van der Waals surface area contributed by atoms with Gasteiger partial charge in [-0.1, -0.05) is 15.9 Å². The van der Waals surface area contributed by atoms with Gasteiger partial charge in [0.1, 0.15) is 0 Å². The van der Waals surface area contributed by atoms with Gasteiger partial charge in [0.15, 0.2) is 0 Å². The maximum Gasteiger partial charge on any atom is 0.0980 e. The minimum Gasteiger partial charge on any atom is -0.394 e. The van der Waals surface area contributed by atoms with Crippen LogP contribution < -0.4 is 4.90 Å². The van der Waals surface area contributed by atoms with Gasteiger partial charge in [0.25, 0.3) is 0 Å². The second-order valence-electron chi connectivity index (χ2n) is 3.60. The highest BCUT2D eigenvalue weighted by atomic mass is 79.9. The molecule has 1 aliphatic heterocycles. The lowest BCUT2D eigenvalue weighted by Crippen LogP contribution is -2.44. The van der Waals surface area contributed by atoms with Crippen LogP contribution in [0.5, 0.6) is 0 Å². The second kappa shape index (κ2) is 4.96. The summed E-state index contributed by atoms with van der Waals surface area (Å²) in [4.78, 5) is 2.23. The third-order valence-corrected chi connectivity index (χ3v) is 3.06. The first kappa shape index (κ1) is 10.9. The molecule has 15 heavy (non-hydrogen) atoms. The number of hydrogen-bond donors (Lipinski definition) is 1. The topological polar surface area (TPSA) is 32.7 Å². The minimum atomic E-state index is -0.0533. The van der Waals surface area contributed by atoms with Crippen molar-refractivity contribution < 1.29 is 9.84 Å². The first-order valence-electron chi connectivity index (χ1n) is 5.02. The zero-order valence-corrected chi connectivity index (χ0v) is 9.98. The normalized spacial score (nSPS) is 21.7. The standard InChI is InChI=1S/C11H14BrNO2/c12-9-1-3-10(4-2-9)13-5-6-15-11(7-13)8-14/h1-4,11,14H,5-8H2/t11-/m1/s1. The molecule has 1 heterocycles. The molecule has 0 aliphatic carbocycles. The van der Waals surface area contributed by atoms with E-state index in [4.69, 9.17) is 9.84 Å². The van der Waals surface area contributed by atoms with Crippen molar-refractivity contribution in [2.24, 2.45) is 0 Å². The molecule has 0 bridgehead atoms. The molecule has 1 aromatic carbocycles. The highest BCUT2D eigenvalue weighted by Gasteiger charge is 2.19. The zero-order chi connectivity index (χ0) is 10.7. The molecule has 2 rings (SSSR count). The number of aliphatic hydroxyl groups excluding tert-OH is 1. The van der Waals surface area contributed by atoms with Crippen LogP contribution in [0.4, 0.5) is 5.69 Å². The maximum absolute atomic E-state index is 9.04. The molecule has 0 aromatic heterocycles.